The van der Waals surface area contributed by atoms with E-state index in [-0.39, 0.29) is 18.0 Å². The predicted molar refractivity (Wildman–Crippen MR) is 77.0 cm³/mol. The Balaban J connectivity index is 2.29. The maximum atomic E-state index is 12.2. The van der Waals surface area contributed by atoms with Crippen LogP contribution in [0.4, 0.5) is 4.79 Å². The fourth-order valence-electron chi connectivity index (χ4n) is 2.33. The minimum Gasteiger partial charge on any atom is -0.492 e. The number of hydrogen-bond acceptors (Lipinski definition) is 5. The van der Waals surface area contributed by atoms with E-state index in [0.717, 1.165) is 0 Å². The molecule has 0 radical (unpaired) electrons. The van der Waals surface area contributed by atoms with Crippen LogP contribution in [0.3, 0.4) is 0 Å². The molecule has 0 unspecified atom stereocenters. The molecule has 0 saturated carbocycles. The molecule has 1 aliphatic heterocycles. The Labute approximate surface area is 128 Å². The van der Waals surface area contributed by atoms with Crippen molar-refractivity contribution in [2.45, 2.75) is 45.9 Å². The first-order valence-electron chi connectivity index (χ1n) is 7.08. The van der Waals surface area contributed by atoms with E-state index in [1.165, 1.54) is 7.11 Å². The Bertz CT molecular complexity index is 588. The van der Waals surface area contributed by atoms with Gasteiger partial charge in [-0.3, -0.25) is 4.68 Å². The number of aryl methyl sites for hydroxylation is 1. The second kappa shape index (κ2) is 5.86. The van der Waals surface area contributed by atoms with Gasteiger partial charge in [0.2, 0.25) is 5.69 Å². The van der Waals surface area contributed by atoms with Crippen LogP contribution in [0.1, 0.15) is 43.4 Å². The highest BCUT2D eigenvalue weighted by atomic mass is 16.6. The van der Waals surface area contributed by atoms with Crippen molar-refractivity contribution in [3.05, 3.63) is 11.4 Å². The predicted octanol–water partition coefficient (Wildman–Crippen LogP) is 1.73. The maximum absolute atomic E-state index is 12.2. The van der Waals surface area contributed by atoms with Crippen LogP contribution < -0.4 is 4.74 Å². The maximum Gasteiger partial charge on any atom is 0.410 e. The number of amides is 1. The Morgan fingerprint density at radius 1 is 1.27 bits per heavy atom. The minimum atomic E-state index is -1.15. The van der Waals surface area contributed by atoms with Crippen molar-refractivity contribution >= 4 is 12.1 Å². The number of carbonyl (C=O) groups is 2. The summed E-state index contributed by atoms with van der Waals surface area (Å²) in [7, 11) is 1.40. The van der Waals surface area contributed by atoms with Crippen molar-refractivity contribution in [1.82, 2.24) is 14.7 Å². The number of aromatic carboxylic acids is 1. The van der Waals surface area contributed by atoms with Gasteiger partial charge in [0.25, 0.3) is 0 Å². The van der Waals surface area contributed by atoms with Crippen molar-refractivity contribution in [2.24, 2.45) is 0 Å². The third-order valence-electron chi connectivity index (χ3n) is 3.21. The van der Waals surface area contributed by atoms with Gasteiger partial charge in [-0.05, 0) is 27.2 Å². The average Bonchev–Trinajstić information content (AvgIpc) is 2.60. The Morgan fingerprint density at radius 3 is 2.50 bits per heavy atom. The van der Waals surface area contributed by atoms with Gasteiger partial charge < -0.3 is 19.5 Å². The van der Waals surface area contributed by atoms with Gasteiger partial charge in [-0.2, -0.15) is 5.10 Å². The lowest BCUT2D eigenvalue weighted by atomic mass is 10.2. The summed E-state index contributed by atoms with van der Waals surface area (Å²) >= 11 is 0. The van der Waals surface area contributed by atoms with Crippen LogP contribution in [0, 0.1) is 0 Å². The molecule has 2 rings (SSSR count). The summed E-state index contributed by atoms with van der Waals surface area (Å²) < 4.78 is 12.2. The van der Waals surface area contributed by atoms with E-state index >= 15 is 0 Å². The molecule has 1 aromatic heterocycles. The number of carbonyl (C=O) groups excluding carboxylic acids is 1. The zero-order valence-electron chi connectivity index (χ0n) is 13.3. The molecular weight excluding hydrogens is 290 g/mol. The summed E-state index contributed by atoms with van der Waals surface area (Å²) in [6.07, 6.45) is 0.233. The molecule has 1 N–H and O–H groups in total. The smallest absolute Gasteiger partial charge is 0.410 e. The van der Waals surface area contributed by atoms with Gasteiger partial charge in [-0.1, -0.05) is 0 Å². The molecule has 1 amide bonds. The molecule has 22 heavy (non-hydrogen) atoms. The molecule has 8 heteroatoms. The normalized spacial score (nSPS) is 15.0. The molecule has 0 bridgehead atoms. The molecule has 0 fully saturated rings. The molecule has 2 heterocycles. The number of hydrogen-bond donors (Lipinski definition) is 1. The number of carboxylic acids is 1. The van der Waals surface area contributed by atoms with Crippen molar-refractivity contribution in [3.8, 4) is 5.75 Å². The molecule has 1 aliphatic rings. The fourth-order valence-corrected chi connectivity index (χ4v) is 2.33. The van der Waals surface area contributed by atoms with E-state index < -0.39 is 17.7 Å². The number of methoxy groups -OCH3 is 1. The zero-order valence-corrected chi connectivity index (χ0v) is 13.3. The van der Waals surface area contributed by atoms with Gasteiger partial charge in [-0.25, -0.2) is 9.59 Å². The van der Waals surface area contributed by atoms with Gasteiger partial charge >= 0.3 is 12.1 Å². The van der Waals surface area contributed by atoms with Crippen molar-refractivity contribution in [2.75, 3.05) is 13.7 Å². The van der Waals surface area contributed by atoms with Gasteiger partial charge in [0, 0.05) is 13.1 Å². The molecule has 0 aliphatic carbocycles. The highest BCUT2D eigenvalue weighted by Gasteiger charge is 2.30. The van der Waals surface area contributed by atoms with E-state index in [0.29, 0.717) is 25.2 Å². The number of aromatic nitrogens is 2. The monoisotopic (exact) mass is 311 g/mol. The summed E-state index contributed by atoms with van der Waals surface area (Å²) in [5.41, 5.74) is -0.147. The van der Waals surface area contributed by atoms with Gasteiger partial charge in [-0.15, -0.1) is 0 Å². The summed E-state index contributed by atoms with van der Waals surface area (Å²) in [6.45, 7) is 6.66. The van der Waals surface area contributed by atoms with Crippen LogP contribution in [0.25, 0.3) is 0 Å². The van der Waals surface area contributed by atoms with E-state index in [1.807, 2.05) is 0 Å². The lowest BCUT2D eigenvalue weighted by Gasteiger charge is -2.26. The highest BCUT2D eigenvalue weighted by molar-refractivity contribution is 5.89. The van der Waals surface area contributed by atoms with Gasteiger partial charge in [0.05, 0.1) is 13.7 Å². The summed E-state index contributed by atoms with van der Waals surface area (Å²) in [4.78, 5) is 25.0. The number of rotatable bonds is 2. The molecule has 0 saturated heterocycles. The first-order chi connectivity index (χ1) is 10.2. The van der Waals surface area contributed by atoms with Crippen LogP contribution >= 0.6 is 0 Å². The SMILES string of the molecule is COc1c(C(=O)O)nn2c1CN(C(=O)OC(C)(C)C)CCC2. The number of nitrogens with zero attached hydrogens (tertiary/aromatic N) is 3. The van der Waals surface area contributed by atoms with Crippen molar-refractivity contribution in [1.29, 1.82) is 0 Å². The van der Waals surface area contributed by atoms with Crippen molar-refractivity contribution in [3.63, 3.8) is 0 Å². The Morgan fingerprint density at radius 2 is 1.95 bits per heavy atom. The standard InChI is InChI=1S/C14H21N3O5/c1-14(2,3)22-13(20)16-6-5-7-17-9(8-16)11(21-4)10(15-17)12(18)19/h5-8H2,1-4H3,(H,18,19). The number of fused-ring (bicyclic) bond motifs is 1. The molecule has 0 aromatic carbocycles. The van der Waals surface area contributed by atoms with Crippen LogP contribution in [0.2, 0.25) is 0 Å². The lowest BCUT2D eigenvalue weighted by Crippen LogP contribution is -2.36. The van der Waals surface area contributed by atoms with Crippen LogP contribution in [0.15, 0.2) is 0 Å². The summed E-state index contributed by atoms with van der Waals surface area (Å²) in [6, 6.07) is 0. The van der Waals surface area contributed by atoms with Gasteiger partial charge in [0.15, 0.2) is 5.75 Å². The third kappa shape index (κ3) is 3.32. The van der Waals surface area contributed by atoms with Crippen LogP contribution in [0.5, 0.6) is 5.75 Å². The number of carboxylic acid groups (broad SMARTS) is 1. The average molecular weight is 311 g/mol. The highest BCUT2D eigenvalue weighted by Crippen LogP contribution is 2.28. The second-order valence-electron chi connectivity index (χ2n) is 6.11. The van der Waals surface area contributed by atoms with Crippen LogP contribution in [-0.2, 0) is 17.8 Å². The lowest BCUT2D eigenvalue weighted by molar-refractivity contribution is 0.0235. The fraction of sp³-hybridized carbons (Fsp3) is 0.643. The van der Waals surface area contributed by atoms with E-state index in [1.54, 1.807) is 30.4 Å². The number of ether oxygens (including phenoxy) is 2. The topological polar surface area (TPSA) is 93.9 Å². The third-order valence-corrected chi connectivity index (χ3v) is 3.21. The first kappa shape index (κ1) is 16.1. The van der Waals surface area contributed by atoms with Gasteiger partial charge in [0.1, 0.15) is 11.3 Å². The summed E-state index contributed by atoms with van der Waals surface area (Å²) in [5.74, 6) is -0.954. The van der Waals surface area contributed by atoms with Crippen molar-refractivity contribution < 1.29 is 24.2 Å². The molecule has 0 atom stereocenters. The zero-order chi connectivity index (χ0) is 16.5. The molecular formula is C14H21N3O5. The largest absolute Gasteiger partial charge is 0.492 e. The second-order valence-corrected chi connectivity index (χ2v) is 6.11. The molecule has 1 aromatic rings. The molecule has 8 nitrogen and oxygen atoms in total. The van der Waals surface area contributed by atoms with E-state index in [9.17, 15) is 14.7 Å². The summed E-state index contributed by atoms with van der Waals surface area (Å²) in [5, 5.41) is 13.2. The molecule has 122 valence electrons. The van der Waals surface area contributed by atoms with E-state index in [2.05, 4.69) is 5.10 Å². The quantitative estimate of drug-likeness (QED) is 0.894. The molecule has 0 spiro atoms. The Kier molecular flexibility index (Phi) is 4.30. The Hall–Kier alpha value is -2.25. The minimum absolute atomic E-state index is 0.136. The first-order valence-corrected chi connectivity index (χ1v) is 7.08. The van der Waals surface area contributed by atoms with E-state index in [4.69, 9.17) is 9.47 Å². The van der Waals surface area contributed by atoms with Crippen LogP contribution in [-0.4, -0.2) is 51.1 Å².